The van der Waals surface area contributed by atoms with Crippen molar-refractivity contribution in [3.63, 3.8) is 0 Å². The van der Waals surface area contributed by atoms with Crippen LogP contribution in [0.25, 0.3) is 0 Å². The highest BCUT2D eigenvalue weighted by Crippen LogP contribution is 2.36. The molecule has 0 aromatic carbocycles. The molecule has 5 heteroatoms. The van der Waals surface area contributed by atoms with Crippen LogP contribution in [0.3, 0.4) is 0 Å². The van der Waals surface area contributed by atoms with Crippen LogP contribution < -0.4 is 5.73 Å². The fourth-order valence-electron chi connectivity index (χ4n) is 0.855. The molecule has 0 bridgehead atoms. The van der Waals surface area contributed by atoms with Crippen molar-refractivity contribution in [2.45, 2.75) is 11.1 Å². The quantitative estimate of drug-likeness (QED) is 0.722. The molecule has 66 valence electrons. The van der Waals surface area contributed by atoms with Crippen molar-refractivity contribution in [1.29, 1.82) is 0 Å². The molecule has 0 aliphatic heterocycles. The Morgan fingerprint density at radius 2 is 2.25 bits per heavy atom. The van der Waals surface area contributed by atoms with Gasteiger partial charge >= 0.3 is 5.97 Å². The Hall–Kier alpha value is -0.680. The van der Waals surface area contributed by atoms with Gasteiger partial charge < -0.3 is 10.8 Å². The predicted molar refractivity (Wildman–Crippen MR) is 52.2 cm³/mol. The number of carbonyl (C=O) groups is 1. The Balaban J connectivity index is 3.25. The van der Waals surface area contributed by atoms with Gasteiger partial charge in [0.15, 0.2) is 0 Å². The lowest BCUT2D eigenvalue weighted by atomic mass is 10.2. The zero-order chi connectivity index (χ0) is 9.30. The minimum Gasteiger partial charge on any atom is -0.477 e. The topological polar surface area (TPSA) is 63.3 Å². The highest BCUT2D eigenvalue weighted by Gasteiger charge is 2.16. The molecular formula is C7H9NO2S2. The Morgan fingerprint density at radius 1 is 1.67 bits per heavy atom. The van der Waals surface area contributed by atoms with E-state index in [1.165, 1.54) is 23.1 Å². The van der Waals surface area contributed by atoms with E-state index in [2.05, 4.69) is 0 Å². The van der Waals surface area contributed by atoms with Crippen molar-refractivity contribution in [3.8, 4) is 0 Å². The highest BCUT2D eigenvalue weighted by molar-refractivity contribution is 8.00. The number of carboxylic acids is 1. The minimum absolute atomic E-state index is 0.344. The first-order valence-corrected chi connectivity index (χ1v) is 5.28. The number of hydrogen-bond acceptors (Lipinski definition) is 4. The van der Waals surface area contributed by atoms with Crippen LogP contribution in [-0.4, -0.2) is 17.3 Å². The molecule has 0 atom stereocenters. The number of carboxylic acid groups (broad SMARTS) is 1. The molecule has 0 aliphatic carbocycles. The third-order valence-corrected chi connectivity index (χ3v) is 3.97. The summed E-state index contributed by atoms with van der Waals surface area (Å²) in [7, 11) is 0. The normalized spacial score (nSPS) is 10.2. The van der Waals surface area contributed by atoms with Gasteiger partial charge in [0, 0.05) is 0 Å². The standard InChI is InChI=1S/C7H9NO2S2/c1-3-4(8)7(11-2)12-5(3)6(9)10/h8H2,1-2H3,(H,9,10). The molecule has 3 nitrogen and oxygen atoms in total. The molecule has 1 heterocycles. The molecule has 1 aromatic rings. The van der Waals surface area contributed by atoms with Crippen LogP contribution in [0.4, 0.5) is 5.69 Å². The lowest BCUT2D eigenvalue weighted by Crippen LogP contribution is -1.95. The molecule has 0 radical (unpaired) electrons. The van der Waals surface area contributed by atoms with Crippen molar-refractivity contribution in [1.82, 2.24) is 0 Å². The molecule has 1 aromatic heterocycles. The third-order valence-electron chi connectivity index (χ3n) is 1.54. The Kier molecular flexibility index (Phi) is 2.64. The highest BCUT2D eigenvalue weighted by atomic mass is 32.2. The predicted octanol–water partition coefficient (Wildman–Crippen LogP) is 2.06. The fraction of sp³-hybridized carbons (Fsp3) is 0.286. The van der Waals surface area contributed by atoms with E-state index in [-0.39, 0.29) is 0 Å². The first kappa shape index (κ1) is 9.41. The number of thiophene rings is 1. The first-order valence-electron chi connectivity index (χ1n) is 3.24. The number of aromatic carboxylic acids is 1. The van der Waals surface area contributed by atoms with E-state index in [4.69, 9.17) is 10.8 Å². The summed E-state index contributed by atoms with van der Waals surface area (Å²) >= 11 is 2.71. The average Bonchev–Trinajstić information content (AvgIpc) is 2.30. The van der Waals surface area contributed by atoms with E-state index in [0.29, 0.717) is 16.1 Å². The van der Waals surface area contributed by atoms with Crippen molar-refractivity contribution in [2.24, 2.45) is 0 Å². The van der Waals surface area contributed by atoms with Gasteiger partial charge in [-0.2, -0.15) is 0 Å². The summed E-state index contributed by atoms with van der Waals surface area (Å²) in [5, 5.41) is 8.74. The maximum absolute atomic E-state index is 10.6. The molecule has 0 saturated carbocycles. The fourth-order valence-corrected chi connectivity index (χ4v) is 2.61. The second kappa shape index (κ2) is 3.37. The maximum Gasteiger partial charge on any atom is 0.346 e. The zero-order valence-corrected chi connectivity index (χ0v) is 8.38. The van der Waals surface area contributed by atoms with Gasteiger partial charge in [-0.1, -0.05) is 0 Å². The van der Waals surface area contributed by atoms with Gasteiger partial charge in [-0.05, 0) is 18.7 Å². The van der Waals surface area contributed by atoms with Crippen molar-refractivity contribution >= 4 is 34.8 Å². The summed E-state index contributed by atoms with van der Waals surface area (Å²) in [5.41, 5.74) is 6.96. The van der Waals surface area contributed by atoms with E-state index < -0.39 is 5.97 Å². The number of hydrogen-bond donors (Lipinski definition) is 2. The summed E-state index contributed by atoms with van der Waals surface area (Å²) in [6.45, 7) is 1.73. The van der Waals surface area contributed by atoms with Crippen LogP contribution in [-0.2, 0) is 0 Å². The Labute approximate surface area is 78.6 Å². The number of anilines is 1. The molecule has 0 amide bonds. The number of nitrogens with two attached hydrogens (primary N) is 1. The van der Waals surface area contributed by atoms with Gasteiger partial charge in [0.2, 0.25) is 0 Å². The molecule has 3 N–H and O–H groups in total. The monoisotopic (exact) mass is 203 g/mol. The van der Waals surface area contributed by atoms with Crippen LogP contribution in [0.2, 0.25) is 0 Å². The lowest BCUT2D eigenvalue weighted by molar-refractivity contribution is 0.0701. The smallest absolute Gasteiger partial charge is 0.346 e. The Bertz CT molecular complexity index is 319. The van der Waals surface area contributed by atoms with E-state index in [1.807, 2.05) is 6.26 Å². The van der Waals surface area contributed by atoms with Crippen molar-refractivity contribution in [3.05, 3.63) is 10.4 Å². The van der Waals surface area contributed by atoms with Crippen LogP contribution in [0.1, 0.15) is 15.2 Å². The number of thioether (sulfide) groups is 1. The first-order chi connectivity index (χ1) is 5.57. The summed E-state index contributed by atoms with van der Waals surface area (Å²) in [6.07, 6.45) is 1.88. The summed E-state index contributed by atoms with van der Waals surface area (Å²) in [5.74, 6) is -0.899. The van der Waals surface area contributed by atoms with Crippen molar-refractivity contribution < 1.29 is 9.90 Å². The van der Waals surface area contributed by atoms with E-state index >= 15 is 0 Å². The van der Waals surface area contributed by atoms with E-state index in [1.54, 1.807) is 6.92 Å². The second-order valence-corrected chi connectivity index (χ2v) is 4.36. The van der Waals surface area contributed by atoms with Gasteiger partial charge in [-0.15, -0.1) is 23.1 Å². The number of nitrogen functional groups attached to an aromatic ring is 1. The summed E-state index contributed by atoms with van der Waals surface area (Å²) in [4.78, 5) is 11.0. The van der Waals surface area contributed by atoms with Crippen LogP contribution >= 0.6 is 23.1 Å². The van der Waals surface area contributed by atoms with Crippen LogP contribution in [0, 0.1) is 6.92 Å². The third kappa shape index (κ3) is 1.42. The lowest BCUT2D eigenvalue weighted by Gasteiger charge is -1.92. The maximum atomic E-state index is 10.6. The van der Waals surface area contributed by atoms with Gasteiger partial charge in [-0.25, -0.2) is 4.79 Å². The van der Waals surface area contributed by atoms with E-state index in [0.717, 1.165) is 4.21 Å². The molecular weight excluding hydrogens is 194 g/mol. The van der Waals surface area contributed by atoms with Crippen LogP contribution in [0.15, 0.2) is 4.21 Å². The van der Waals surface area contributed by atoms with Gasteiger partial charge in [0.1, 0.15) is 4.88 Å². The largest absolute Gasteiger partial charge is 0.477 e. The Morgan fingerprint density at radius 3 is 2.50 bits per heavy atom. The second-order valence-electron chi connectivity index (χ2n) is 2.27. The van der Waals surface area contributed by atoms with Gasteiger partial charge in [-0.3, -0.25) is 0 Å². The minimum atomic E-state index is -0.899. The van der Waals surface area contributed by atoms with E-state index in [9.17, 15) is 4.79 Å². The van der Waals surface area contributed by atoms with Gasteiger partial charge in [0.25, 0.3) is 0 Å². The SMILES string of the molecule is CSc1sc(C(=O)O)c(C)c1N. The van der Waals surface area contributed by atoms with Crippen LogP contribution in [0.5, 0.6) is 0 Å². The molecule has 0 fully saturated rings. The molecule has 1 rings (SSSR count). The zero-order valence-electron chi connectivity index (χ0n) is 6.75. The number of rotatable bonds is 2. The summed E-state index contributed by atoms with van der Waals surface area (Å²) < 4.78 is 0.880. The molecule has 12 heavy (non-hydrogen) atoms. The average molecular weight is 203 g/mol. The van der Waals surface area contributed by atoms with Crippen molar-refractivity contribution in [2.75, 3.05) is 12.0 Å². The summed E-state index contributed by atoms with van der Waals surface area (Å²) in [6, 6.07) is 0. The molecule has 0 unspecified atom stereocenters. The molecule has 0 spiro atoms. The van der Waals surface area contributed by atoms with Gasteiger partial charge in [0.05, 0.1) is 9.90 Å². The molecule has 0 saturated heterocycles. The molecule has 0 aliphatic rings.